The Balaban J connectivity index is 2.68. The highest BCUT2D eigenvalue weighted by Crippen LogP contribution is 2.12. The molecule has 0 aromatic carbocycles. The van der Waals surface area contributed by atoms with E-state index in [1.165, 1.54) is 15.7 Å². The number of hydrogen-bond donors (Lipinski definition) is 0. The first kappa shape index (κ1) is 17.9. The molecule has 0 spiro atoms. The van der Waals surface area contributed by atoms with Crippen LogP contribution in [0.3, 0.4) is 0 Å². The van der Waals surface area contributed by atoms with Crippen LogP contribution in [0.25, 0.3) is 0 Å². The lowest BCUT2D eigenvalue weighted by atomic mass is 10.4. The number of nitriles is 1. The fraction of sp³-hybridized carbons (Fsp3) is 0.769. The third kappa shape index (κ3) is 5.27. The quantitative estimate of drug-likeness (QED) is 0.556. The van der Waals surface area contributed by atoms with Crippen LogP contribution in [0.5, 0.6) is 0 Å². The Morgan fingerprint density at radius 3 is 2.48 bits per heavy atom. The van der Waals surface area contributed by atoms with E-state index in [0.717, 1.165) is 0 Å². The van der Waals surface area contributed by atoms with Gasteiger partial charge in [0.15, 0.2) is 0 Å². The summed E-state index contributed by atoms with van der Waals surface area (Å²) in [5, 5.41) is 8.67. The Morgan fingerprint density at radius 1 is 1.29 bits per heavy atom. The monoisotopic (exact) mass is 314 g/mol. The molecule has 1 saturated heterocycles. The van der Waals surface area contributed by atoms with Crippen molar-refractivity contribution in [2.24, 2.45) is 0 Å². The summed E-state index contributed by atoms with van der Waals surface area (Å²) in [5.74, 6) is 2.56. The molecule has 0 unspecified atom stereocenters. The van der Waals surface area contributed by atoms with Crippen LogP contribution in [-0.2, 0) is 14.9 Å². The van der Waals surface area contributed by atoms with Crippen molar-refractivity contribution in [1.29, 1.82) is 5.26 Å². The molecule has 21 heavy (non-hydrogen) atoms. The third-order valence-electron chi connectivity index (χ3n) is 3.32. The van der Waals surface area contributed by atoms with Crippen LogP contribution in [0.4, 0.5) is 0 Å². The Bertz CT molecular complexity index is 487. The van der Waals surface area contributed by atoms with Crippen LogP contribution < -0.4 is 0 Å². The van der Waals surface area contributed by atoms with Crippen LogP contribution in [0, 0.1) is 23.7 Å². The summed E-state index contributed by atoms with van der Waals surface area (Å²) in [7, 11) is -2.03. The molecule has 1 aliphatic rings. The van der Waals surface area contributed by atoms with Gasteiger partial charge in [0.2, 0.25) is 0 Å². The SMILES string of the molecule is C#CCN1CCN(S(=O)(=O)N(CCC#N)CCOC)CC1. The number of piperazine rings is 1. The molecule has 0 saturated carbocycles. The van der Waals surface area contributed by atoms with E-state index in [2.05, 4.69) is 5.92 Å². The van der Waals surface area contributed by atoms with Crippen molar-refractivity contribution in [3.05, 3.63) is 0 Å². The van der Waals surface area contributed by atoms with Gasteiger partial charge in [0.25, 0.3) is 10.2 Å². The molecule has 0 atom stereocenters. The van der Waals surface area contributed by atoms with Crippen LogP contribution >= 0.6 is 0 Å². The minimum Gasteiger partial charge on any atom is -0.383 e. The van der Waals surface area contributed by atoms with Crippen molar-refractivity contribution >= 4 is 10.2 Å². The Morgan fingerprint density at radius 2 is 1.95 bits per heavy atom. The molecule has 0 amide bonds. The zero-order chi connectivity index (χ0) is 15.7. The second-order valence-electron chi connectivity index (χ2n) is 4.69. The molecule has 0 radical (unpaired) electrons. The molecular formula is C13H22N4O3S. The Hall–Kier alpha value is -1.16. The molecule has 1 heterocycles. The smallest absolute Gasteiger partial charge is 0.282 e. The number of rotatable bonds is 8. The van der Waals surface area contributed by atoms with Gasteiger partial charge in [-0.15, -0.1) is 6.42 Å². The molecule has 0 bridgehead atoms. The highest BCUT2D eigenvalue weighted by Gasteiger charge is 2.31. The van der Waals surface area contributed by atoms with Gasteiger partial charge in [-0.3, -0.25) is 4.90 Å². The maximum atomic E-state index is 12.6. The van der Waals surface area contributed by atoms with Gasteiger partial charge in [0.05, 0.1) is 19.2 Å². The first-order valence-electron chi connectivity index (χ1n) is 6.83. The molecule has 8 heteroatoms. The number of ether oxygens (including phenoxy) is 1. The first-order valence-corrected chi connectivity index (χ1v) is 8.23. The molecule has 7 nitrogen and oxygen atoms in total. The van der Waals surface area contributed by atoms with Crippen molar-refractivity contribution < 1.29 is 13.2 Å². The van der Waals surface area contributed by atoms with E-state index in [0.29, 0.717) is 39.3 Å². The highest BCUT2D eigenvalue weighted by atomic mass is 32.2. The minimum absolute atomic E-state index is 0.167. The summed E-state index contributed by atoms with van der Waals surface area (Å²) in [4.78, 5) is 2.04. The number of terminal acetylenes is 1. The topological polar surface area (TPSA) is 76.9 Å². The largest absolute Gasteiger partial charge is 0.383 e. The molecule has 0 aromatic heterocycles. The van der Waals surface area contributed by atoms with E-state index < -0.39 is 10.2 Å². The molecule has 0 aromatic rings. The molecule has 118 valence electrons. The van der Waals surface area contributed by atoms with Crippen LogP contribution in [0.15, 0.2) is 0 Å². The average molecular weight is 314 g/mol. The lowest BCUT2D eigenvalue weighted by molar-refractivity contribution is 0.168. The predicted octanol–water partition coefficient (Wildman–Crippen LogP) is -0.656. The second kappa shape index (κ2) is 8.98. The summed E-state index contributed by atoms with van der Waals surface area (Å²) < 4.78 is 32.9. The van der Waals surface area contributed by atoms with E-state index in [9.17, 15) is 8.42 Å². The molecular weight excluding hydrogens is 292 g/mol. The lowest BCUT2D eigenvalue weighted by Crippen LogP contribution is -2.53. The fourth-order valence-electron chi connectivity index (χ4n) is 2.12. The van der Waals surface area contributed by atoms with Gasteiger partial charge in [-0.05, 0) is 0 Å². The van der Waals surface area contributed by atoms with Crippen molar-refractivity contribution in [1.82, 2.24) is 13.5 Å². The van der Waals surface area contributed by atoms with E-state index in [1.54, 1.807) is 0 Å². The normalized spacial score (nSPS) is 17.5. The van der Waals surface area contributed by atoms with E-state index in [-0.39, 0.29) is 19.5 Å². The second-order valence-corrected chi connectivity index (χ2v) is 6.62. The predicted molar refractivity (Wildman–Crippen MR) is 79.4 cm³/mol. The van der Waals surface area contributed by atoms with Gasteiger partial charge in [0.1, 0.15) is 0 Å². The van der Waals surface area contributed by atoms with Gasteiger partial charge >= 0.3 is 0 Å². The van der Waals surface area contributed by atoms with E-state index in [1.807, 2.05) is 11.0 Å². The van der Waals surface area contributed by atoms with Gasteiger partial charge in [0, 0.05) is 52.8 Å². The molecule has 0 N–H and O–H groups in total. The molecule has 1 rings (SSSR count). The number of nitrogens with zero attached hydrogens (tertiary/aromatic N) is 4. The Labute approximate surface area is 127 Å². The van der Waals surface area contributed by atoms with Crippen molar-refractivity contribution in [3.8, 4) is 18.4 Å². The van der Waals surface area contributed by atoms with Crippen molar-refractivity contribution in [2.75, 3.05) is 59.5 Å². The van der Waals surface area contributed by atoms with Crippen LogP contribution in [0.1, 0.15) is 6.42 Å². The lowest BCUT2D eigenvalue weighted by Gasteiger charge is -2.35. The zero-order valence-electron chi connectivity index (χ0n) is 12.4. The van der Waals surface area contributed by atoms with Crippen molar-refractivity contribution in [2.45, 2.75) is 6.42 Å². The molecule has 1 aliphatic heterocycles. The van der Waals surface area contributed by atoms with Crippen LogP contribution in [0.2, 0.25) is 0 Å². The molecule has 1 fully saturated rings. The van der Waals surface area contributed by atoms with Crippen LogP contribution in [-0.4, -0.2) is 81.5 Å². The zero-order valence-corrected chi connectivity index (χ0v) is 13.2. The summed E-state index contributed by atoms with van der Waals surface area (Å²) in [5.41, 5.74) is 0. The van der Waals surface area contributed by atoms with Gasteiger partial charge < -0.3 is 4.74 Å². The van der Waals surface area contributed by atoms with Gasteiger partial charge in [-0.25, -0.2) is 0 Å². The van der Waals surface area contributed by atoms with Crippen molar-refractivity contribution in [3.63, 3.8) is 0 Å². The molecule has 0 aliphatic carbocycles. The summed E-state index contributed by atoms with van der Waals surface area (Å²) >= 11 is 0. The third-order valence-corrected chi connectivity index (χ3v) is 5.35. The highest BCUT2D eigenvalue weighted by molar-refractivity contribution is 7.86. The first-order chi connectivity index (χ1) is 10.1. The standard InChI is InChI=1S/C13H22N4O3S/c1-3-6-15-8-10-17(11-9-15)21(18,19)16(7-4-5-14)12-13-20-2/h1H,4,6-13H2,2H3. The average Bonchev–Trinajstić information content (AvgIpc) is 2.48. The Kier molecular flexibility index (Phi) is 7.65. The van der Waals surface area contributed by atoms with Gasteiger partial charge in [-0.1, -0.05) is 5.92 Å². The maximum Gasteiger partial charge on any atom is 0.282 e. The number of methoxy groups -OCH3 is 1. The maximum absolute atomic E-state index is 12.6. The van der Waals surface area contributed by atoms with Gasteiger partial charge in [-0.2, -0.15) is 22.3 Å². The van der Waals surface area contributed by atoms with E-state index in [4.69, 9.17) is 16.4 Å². The fourth-order valence-corrected chi connectivity index (χ4v) is 3.70. The summed E-state index contributed by atoms with van der Waals surface area (Å²) in [6, 6.07) is 1.98. The summed E-state index contributed by atoms with van der Waals surface area (Å²) in [6.45, 7) is 3.37. The summed E-state index contributed by atoms with van der Waals surface area (Å²) in [6.07, 6.45) is 5.43. The number of hydrogen-bond acceptors (Lipinski definition) is 5. The minimum atomic E-state index is -3.55. The van der Waals surface area contributed by atoms with E-state index >= 15 is 0 Å².